The van der Waals surface area contributed by atoms with Gasteiger partial charge in [-0.05, 0) is 31.9 Å². The highest BCUT2D eigenvalue weighted by Gasteiger charge is 2.27. The predicted octanol–water partition coefficient (Wildman–Crippen LogP) is 2.83. The van der Waals surface area contributed by atoms with Gasteiger partial charge in [0.15, 0.2) is 22.8 Å². The summed E-state index contributed by atoms with van der Waals surface area (Å²) in [4.78, 5) is 16.2. The molecule has 4 aromatic rings. The molecule has 5 rings (SSSR count). The Kier molecular flexibility index (Phi) is 4.28. The smallest absolute Gasteiger partial charge is 0.166 e. The molecule has 1 fully saturated rings. The van der Waals surface area contributed by atoms with E-state index in [1.54, 1.807) is 11.0 Å². The number of nitrogens with zero attached hydrogens (tertiary/aromatic N) is 7. The summed E-state index contributed by atoms with van der Waals surface area (Å²) >= 11 is 0. The zero-order chi connectivity index (χ0) is 20.0. The second kappa shape index (κ2) is 6.97. The minimum Gasteiger partial charge on any atom is -0.374 e. The molecule has 0 amide bonds. The zero-order valence-corrected chi connectivity index (χ0v) is 16.5. The normalized spacial score (nSPS) is 16.8. The molecule has 8 nitrogen and oxygen atoms in total. The van der Waals surface area contributed by atoms with Crippen molar-refractivity contribution in [3.8, 4) is 22.6 Å². The summed E-state index contributed by atoms with van der Waals surface area (Å²) in [5, 5.41) is 14.9. The topological polar surface area (TPSA) is 84.9 Å². The molecule has 8 heteroatoms. The second-order valence-corrected chi connectivity index (χ2v) is 7.35. The zero-order valence-electron chi connectivity index (χ0n) is 16.5. The number of hydrogen-bond donors (Lipinski definition) is 1. The van der Waals surface area contributed by atoms with E-state index in [0.29, 0.717) is 11.6 Å². The first-order valence-electron chi connectivity index (χ1n) is 9.92. The highest BCUT2D eigenvalue weighted by molar-refractivity contribution is 5.86. The van der Waals surface area contributed by atoms with Crippen LogP contribution in [-0.4, -0.2) is 47.2 Å². The van der Waals surface area contributed by atoms with Gasteiger partial charge in [0.25, 0.3) is 0 Å². The lowest BCUT2D eigenvalue weighted by atomic mass is 10.1. The number of fused-ring (bicyclic) bond motifs is 1. The number of aliphatic hydroxyl groups is 1. The number of aliphatic hydroxyl groups excluding tert-OH is 1. The van der Waals surface area contributed by atoms with Gasteiger partial charge in [-0.3, -0.25) is 4.68 Å². The summed E-state index contributed by atoms with van der Waals surface area (Å²) in [5.74, 6) is 1.32. The summed E-state index contributed by atoms with van der Waals surface area (Å²) in [7, 11) is 1.91. The Balaban J connectivity index is 1.67. The van der Waals surface area contributed by atoms with Crippen LogP contribution in [0.5, 0.6) is 0 Å². The monoisotopic (exact) mass is 389 g/mol. The maximum Gasteiger partial charge on any atom is 0.166 e. The third kappa shape index (κ3) is 3.05. The number of benzene rings is 1. The van der Waals surface area contributed by atoms with Gasteiger partial charge in [0, 0.05) is 37.5 Å². The van der Waals surface area contributed by atoms with Crippen molar-refractivity contribution in [3.05, 3.63) is 42.9 Å². The number of aryl methyl sites for hydroxylation is 2. The number of imidazole rings is 1. The van der Waals surface area contributed by atoms with Crippen LogP contribution in [-0.2, 0) is 13.6 Å². The summed E-state index contributed by atoms with van der Waals surface area (Å²) in [6, 6.07) is 10.1. The van der Waals surface area contributed by atoms with Crippen molar-refractivity contribution in [2.45, 2.75) is 32.5 Å². The van der Waals surface area contributed by atoms with Gasteiger partial charge >= 0.3 is 0 Å². The van der Waals surface area contributed by atoms with E-state index in [1.165, 1.54) is 0 Å². The summed E-state index contributed by atoms with van der Waals surface area (Å²) in [6.45, 7) is 3.59. The first-order valence-corrected chi connectivity index (χ1v) is 9.92. The van der Waals surface area contributed by atoms with Crippen LogP contribution in [0, 0.1) is 0 Å². The second-order valence-electron chi connectivity index (χ2n) is 7.35. The molecule has 0 aliphatic carbocycles. The van der Waals surface area contributed by atoms with Crippen molar-refractivity contribution >= 4 is 17.0 Å². The third-order valence-electron chi connectivity index (χ3n) is 5.41. The molecule has 0 bridgehead atoms. The van der Waals surface area contributed by atoms with Crippen LogP contribution in [0.25, 0.3) is 33.8 Å². The molecule has 4 heterocycles. The lowest BCUT2D eigenvalue weighted by Gasteiger charge is -2.22. The van der Waals surface area contributed by atoms with E-state index in [1.807, 2.05) is 47.0 Å². The van der Waals surface area contributed by atoms with Crippen molar-refractivity contribution in [3.63, 3.8) is 0 Å². The average Bonchev–Trinajstić information content (AvgIpc) is 3.46. The van der Waals surface area contributed by atoms with E-state index in [9.17, 15) is 5.11 Å². The molecule has 1 unspecified atom stereocenters. The number of anilines is 1. The van der Waals surface area contributed by atoms with Crippen molar-refractivity contribution in [2.75, 3.05) is 11.4 Å². The van der Waals surface area contributed by atoms with Crippen LogP contribution < -0.4 is 4.90 Å². The van der Waals surface area contributed by atoms with Crippen molar-refractivity contribution in [1.29, 1.82) is 0 Å². The maximum atomic E-state index is 10.4. The van der Waals surface area contributed by atoms with E-state index in [0.717, 1.165) is 53.9 Å². The Morgan fingerprint density at radius 2 is 2.03 bits per heavy atom. The van der Waals surface area contributed by atoms with Gasteiger partial charge < -0.3 is 14.6 Å². The first-order chi connectivity index (χ1) is 14.1. The molecular formula is C21H23N7O. The molecule has 1 aromatic carbocycles. The molecule has 1 aliphatic rings. The third-order valence-corrected chi connectivity index (χ3v) is 5.41. The number of aromatic nitrogens is 6. The quantitative estimate of drug-likeness (QED) is 0.578. The molecule has 3 aromatic heterocycles. The SMILES string of the molecule is CCn1cnc2c(N3CCCC3O)nc(-c3cccc(-c4ccn(C)n4)c3)nc21. The fourth-order valence-corrected chi connectivity index (χ4v) is 3.87. The number of rotatable bonds is 4. The van der Waals surface area contributed by atoms with E-state index in [4.69, 9.17) is 9.97 Å². The molecular weight excluding hydrogens is 366 g/mol. The van der Waals surface area contributed by atoms with Gasteiger partial charge in [-0.2, -0.15) is 5.10 Å². The van der Waals surface area contributed by atoms with Crippen LogP contribution in [0.1, 0.15) is 19.8 Å². The van der Waals surface area contributed by atoms with E-state index < -0.39 is 6.23 Å². The van der Waals surface area contributed by atoms with E-state index in [-0.39, 0.29) is 0 Å². The first kappa shape index (κ1) is 17.8. The van der Waals surface area contributed by atoms with Crippen LogP contribution in [0.3, 0.4) is 0 Å². The Hall–Kier alpha value is -3.26. The lowest BCUT2D eigenvalue weighted by Crippen LogP contribution is -2.30. The summed E-state index contributed by atoms with van der Waals surface area (Å²) in [6.07, 6.45) is 4.86. The van der Waals surface area contributed by atoms with Crippen LogP contribution in [0.2, 0.25) is 0 Å². The largest absolute Gasteiger partial charge is 0.374 e. The molecule has 29 heavy (non-hydrogen) atoms. The molecule has 1 N–H and O–H groups in total. The molecule has 0 saturated carbocycles. The van der Waals surface area contributed by atoms with Gasteiger partial charge in [0.1, 0.15) is 6.23 Å². The molecule has 1 aliphatic heterocycles. The van der Waals surface area contributed by atoms with Crippen molar-refractivity contribution in [2.24, 2.45) is 7.05 Å². The van der Waals surface area contributed by atoms with E-state index in [2.05, 4.69) is 23.1 Å². The average molecular weight is 389 g/mol. The van der Waals surface area contributed by atoms with Crippen LogP contribution >= 0.6 is 0 Å². The van der Waals surface area contributed by atoms with Crippen molar-refractivity contribution < 1.29 is 5.11 Å². The Morgan fingerprint density at radius 1 is 1.17 bits per heavy atom. The predicted molar refractivity (Wildman–Crippen MR) is 111 cm³/mol. The Labute approximate surface area is 168 Å². The highest BCUT2D eigenvalue weighted by Crippen LogP contribution is 2.32. The molecule has 0 radical (unpaired) electrons. The fraction of sp³-hybridized carbons (Fsp3) is 0.333. The maximum absolute atomic E-state index is 10.4. The molecule has 1 saturated heterocycles. The van der Waals surface area contributed by atoms with Gasteiger partial charge in [-0.1, -0.05) is 18.2 Å². The highest BCUT2D eigenvalue weighted by atomic mass is 16.3. The molecule has 1 atom stereocenters. The molecule has 0 spiro atoms. The van der Waals surface area contributed by atoms with Gasteiger partial charge in [-0.15, -0.1) is 0 Å². The Bertz CT molecular complexity index is 1180. The van der Waals surface area contributed by atoms with Gasteiger partial charge in [0.05, 0.1) is 12.0 Å². The minimum atomic E-state index is -0.535. The summed E-state index contributed by atoms with van der Waals surface area (Å²) < 4.78 is 3.80. The van der Waals surface area contributed by atoms with Crippen LogP contribution in [0.4, 0.5) is 5.82 Å². The van der Waals surface area contributed by atoms with Gasteiger partial charge in [0.2, 0.25) is 0 Å². The fourth-order valence-electron chi connectivity index (χ4n) is 3.87. The minimum absolute atomic E-state index is 0.535. The molecule has 148 valence electrons. The Morgan fingerprint density at radius 3 is 2.76 bits per heavy atom. The van der Waals surface area contributed by atoms with Gasteiger partial charge in [-0.25, -0.2) is 15.0 Å². The summed E-state index contributed by atoms with van der Waals surface area (Å²) in [5.41, 5.74) is 4.35. The lowest BCUT2D eigenvalue weighted by molar-refractivity contribution is 0.185. The van der Waals surface area contributed by atoms with E-state index >= 15 is 0 Å². The van der Waals surface area contributed by atoms with Crippen LogP contribution in [0.15, 0.2) is 42.9 Å². The number of hydrogen-bond acceptors (Lipinski definition) is 6. The van der Waals surface area contributed by atoms with Crippen molar-refractivity contribution in [1.82, 2.24) is 29.3 Å². The standard InChI is InChI=1S/C21H23N7O/c1-3-27-13-22-18-20(27)23-19(24-21(18)28-10-5-8-17(28)29)15-7-4-6-14(12-15)16-9-11-26(2)25-16/h4,6-7,9,11-13,17,29H,3,5,8,10H2,1-2H3.